The van der Waals surface area contributed by atoms with Crippen LogP contribution in [0.15, 0.2) is 29.4 Å². The van der Waals surface area contributed by atoms with Gasteiger partial charge in [0.05, 0.1) is 29.2 Å². The summed E-state index contributed by atoms with van der Waals surface area (Å²) in [6.07, 6.45) is 5.69. The van der Waals surface area contributed by atoms with Gasteiger partial charge in [0.15, 0.2) is 0 Å². The lowest BCUT2D eigenvalue weighted by atomic mass is 10.1. The highest BCUT2D eigenvalue weighted by Crippen LogP contribution is 2.24. The predicted molar refractivity (Wildman–Crippen MR) is 86.4 cm³/mol. The molecule has 0 radical (unpaired) electrons. The van der Waals surface area contributed by atoms with Crippen LogP contribution in [0.3, 0.4) is 0 Å². The van der Waals surface area contributed by atoms with E-state index in [9.17, 15) is 4.79 Å². The van der Waals surface area contributed by atoms with Gasteiger partial charge in [-0.15, -0.1) is 11.3 Å². The smallest absolute Gasteiger partial charge is 0.275 e. The van der Waals surface area contributed by atoms with Crippen molar-refractivity contribution in [2.45, 2.75) is 31.9 Å². The van der Waals surface area contributed by atoms with Crippen molar-refractivity contribution in [1.29, 1.82) is 0 Å². The second kappa shape index (κ2) is 6.85. The summed E-state index contributed by atoms with van der Waals surface area (Å²) in [4.78, 5) is 20.2. The number of carbonyl (C=O) groups excluding carboxylic acids is 1. The van der Waals surface area contributed by atoms with E-state index in [4.69, 9.17) is 4.74 Å². The first-order valence-corrected chi connectivity index (χ1v) is 8.20. The first-order chi connectivity index (χ1) is 10.7. The summed E-state index contributed by atoms with van der Waals surface area (Å²) in [7, 11) is 0. The number of carbonyl (C=O) groups is 1. The molecule has 2 aromatic rings. The zero-order valence-electron chi connectivity index (χ0n) is 12.3. The van der Waals surface area contributed by atoms with Crippen LogP contribution in [0.4, 0.5) is 11.4 Å². The number of anilines is 2. The van der Waals surface area contributed by atoms with E-state index >= 15 is 0 Å². The first-order valence-electron chi connectivity index (χ1n) is 7.26. The Morgan fingerprint density at radius 1 is 1.50 bits per heavy atom. The fourth-order valence-corrected chi connectivity index (χ4v) is 3.00. The number of rotatable bonds is 5. The van der Waals surface area contributed by atoms with Gasteiger partial charge in [-0.3, -0.25) is 9.78 Å². The van der Waals surface area contributed by atoms with Crippen molar-refractivity contribution in [3.8, 4) is 0 Å². The molecule has 1 saturated heterocycles. The molecule has 1 aliphatic heterocycles. The molecule has 0 unspecified atom stereocenters. The van der Waals surface area contributed by atoms with Gasteiger partial charge in [-0.2, -0.15) is 0 Å². The Labute approximate surface area is 132 Å². The minimum atomic E-state index is -0.234. The minimum absolute atomic E-state index is 0.167. The third kappa shape index (κ3) is 3.42. The molecule has 0 saturated carbocycles. The van der Waals surface area contributed by atoms with Crippen molar-refractivity contribution >= 4 is 28.6 Å². The number of thiazole rings is 1. The number of amides is 1. The van der Waals surface area contributed by atoms with Crippen LogP contribution in [0.1, 0.15) is 30.3 Å². The van der Waals surface area contributed by atoms with Gasteiger partial charge in [0.25, 0.3) is 5.91 Å². The molecule has 3 rings (SSSR count). The highest BCUT2D eigenvalue weighted by molar-refractivity contribution is 7.07. The molecular formula is C15H18N4O2S. The maximum Gasteiger partial charge on any atom is 0.275 e. The largest absolute Gasteiger partial charge is 0.378 e. The van der Waals surface area contributed by atoms with Crippen molar-refractivity contribution in [1.82, 2.24) is 9.97 Å². The highest BCUT2D eigenvalue weighted by Gasteiger charge is 2.23. The van der Waals surface area contributed by atoms with Gasteiger partial charge in [-0.25, -0.2) is 4.98 Å². The highest BCUT2D eigenvalue weighted by atomic mass is 32.1. The average Bonchev–Trinajstić information content (AvgIpc) is 3.23. The molecular weight excluding hydrogens is 300 g/mol. The van der Waals surface area contributed by atoms with E-state index in [1.165, 1.54) is 11.3 Å². The molecule has 6 nitrogen and oxygen atoms in total. The van der Waals surface area contributed by atoms with Gasteiger partial charge in [-0.1, -0.05) is 0 Å². The minimum Gasteiger partial charge on any atom is -0.378 e. The number of nitrogens with one attached hydrogen (secondary N) is 2. The van der Waals surface area contributed by atoms with Gasteiger partial charge < -0.3 is 15.4 Å². The molecule has 0 spiro atoms. The van der Waals surface area contributed by atoms with Gasteiger partial charge in [-0.05, 0) is 25.8 Å². The zero-order valence-corrected chi connectivity index (χ0v) is 13.1. The van der Waals surface area contributed by atoms with Crippen molar-refractivity contribution in [2.75, 3.05) is 17.2 Å². The fourth-order valence-electron chi connectivity index (χ4n) is 2.47. The van der Waals surface area contributed by atoms with E-state index in [0.29, 0.717) is 11.4 Å². The second-order valence-corrected chi connectivity index (χ2v) is 5.95. The standard InChI is InChI=1S/C15H18N4O2S/c1-10(14-3-2-6-21-14)18-11-4-5-16-7-12(11)19-15(20)13-8-22-9-17-13/h4-5,7-10,14H,2-3,6H2,1H3,(H,16,18)(H,19,20)/t10-,14+/m0/s1. The van der Waals surface area contributed by atoms with Crippen LogP contribution in [0, 0.1) is 0 Å². The second-order valence-electron chi connectivity index (χ2n) is 5.23. The Kier molecular flexibility index (Phi) is 4.65. The number of ether oxygens (including phenoxy) is 1. The lowest BCUT2D eigenvalue weighted by molar-refractivity contribution is 0.0997. The zero-order chi connectivity index (χ0) is 15.4. The predicted octanol–water partition coefficient (Wildman–Crippen LogP) is 2.77. The number of aromatic nitrogens is 2. The summed E-state index contributed by atoms with van der Waals surface area (Å²) in [6, 6.07) is 2.02. The Hall–Kier alpha value is -1.99. The molecule has 1 fully saturated rings. The number of pyridine rings is 1. The van der Waals surface area contributed by atoms with Crippen LogP contribution in [-0.2, 0) is 4.74 Å². The molecule has 116 valence electrons. The Bertz CT molecular complexity index is 626. The van der Waals surface area contributed by atoms with E-state index in [1.807, 2.05) is 6.07 Å². The van der Waals surface area contributed by atoms with Crippen LogP contribution in [-0.4, -0.2) is 34.6 Å². The lowest BCUT2D eigenvalue weighted by Gasteiger charge is -2.22. The number of hydrogen-bond acceptors (Lipinski definition) is 6. The van der Waals surface area contributed by atoms with E-state index in [1.54, 1.807) is 23.3 Å². The summed E-state index contributed by atoms with van der Waals surface area (Å²) in [5.41, 5.74) is 3.52. The third-order valence-electron chi connectivity index (χ3n) is 3.64. The maximum atomic E-state index is 12.1. The van der Waals surface area contributed by atoms with Crippen molar-refractivity contribution in [3.63, 3.8) is 0 Å². The van der Waals surface area contributed by atoms with E-state index in [2.05, 4.69) is 27.5 Å². The molecule has 22 heavy (non-hydrogen) atoms. The van der Waals surface area contributed by atoms with Crippen molar-refractivity contribution < 1.29 is 9.53 Å². The quantitative estimate of drug-likeness (QED) is 0.886. The Balaban J connectivity index is 1.70. The molecule has 2 atom stereocenters. The summed E-state index contributed by atoms with van der Waals surface area (Å²) >= 11 is 1.39. The van der Waals surface area contributed by atoms with Crippen LogP contribution in [0.25, 0.3) is 0 Å². The molecule has 7 heteroatoms. The lowest BCUT2D eigenvalue weighted by Crippen LogP contribution is -2.30. The van der Waals surface area contributed by atoms with Crippen molar-refractivity contribution in [2.24, 2.45) is 0 Å². The molecule has 0 aliphatic carbocycles. The van der Waals surface area contributed by atoms with Gasteiger partial charge in [0.1, 0.15) is 5.69 Å². The molecule has 1 amide bonds. The summed E-state index contributed by atoms with van der Waals surface area (Å²) < 4.78 is 5.69. The van der Waals surface area contributed by atoms with Gasteiger partial charge in [0.2, 0.25) is 0 Å². The molecule has 2 N–H and O–H groups in total. The summed E-state index contributed by atoms with van der Waals surface area (Å²) in [5, 5.41) is 7.97. The van der Waals surface area contributed by atoms with E-state index < -0.39 is 0 Å². The molecule has 1 aliphatic rings. The van der Waals surface area contributed by atoms with Crippen LogP contribution in [0.2, 0.25) is 0 Å². The summed E-state index contributed by atoms with van der Waals surface area (Å²) in [6.45, 7) is 2.91. The van der Waals surface area contributed by atoms with Crippen LogP contribution in [0.5, 0.6) is 0 Å². The molecule has 2 aromatic heterocycles. The topological polar surface area (TPSA) is 76.1 Å². The average molecular weight is 318 g/mol. The molecule has 0 bridgehead atoms. The van der Waals surface area contributed by atoms with E-state index in [-0.39, 0.29) is 18.1 Å². The Morgan fingerprint density at radius 2 is 2.41 bits per heavy atom. The maximum absolute atomic E-state index is 12.1. The fraction of sp³-hybridized carbons (Fsp3) is 0.400. The molecule has 3 heterocycles. The number of hydrogen-bond donors (Lipinski definition) is 2. The normalized spacial score (nSPS) is 18.9. The number of nitrogens with zero attached hydrogens (tertiary/aromatic N) is 2. The van der Waals surface area contributed by atoms with Crippen LogP contribution < -0.4 is 10.6 Å². The molecule has 0 aromatic carbocycles. The summed E-state index contributed by atoms with van der Waals surface area (Å²) in [5.74, 6) is -0.234. The van der Waals surface area contributed by atoms with Crippen molar-refractivity contribution in [3.05, 3.63) is 35.0 Å². The first kappa shape index (κ1) is 14.9. The third-order valence-corrected chi connectivity index (χ3v) is 4.23. The monoisotopic (exact) mass is 318 g/mol. The van der Waals surface area contributed by atoms with Gasteiger partial charge >= 0.3 is 0 Å². The Morgan fingerprint density at radius 3 is 3.14 bits per heavy atom. The van der Waals surface area contributed by atoms with E-state index in [0.717, 1.165) is 25.1 Å². The van der Waals surface area contributed by atoms with Gasteiger partial charge in [0, 0.05) is 24.2 Å². The SMILES string of the molecule is C[C@H](Nc1ccncc1NC(=O)c1cscn1)[C@H]1CCCO1. The van der Waals surface area contributed by atoms with Crippen LogP contribution >= 0.6 is 11.3 Å².